The Labute approximate surface area is 144 Å². The molecule has 4 rings (SSSR count). The number of halogens is 1. The van der Waals surface area contributed by atoms with Crippen LogP contribution in [0.5, 0.6) is 0 Å². The fourth-order valence-electron chi connectivity index (χ4n) is 2.73. The Morgan fingerprint density at radius 2 is 2.00 bits per heavy atom. The van der Waals surface area contributed by atoms with Crippen LogP contribution in [0.25, 0.3) is 34.0 Å². The summed E-state index contributed by atoms with van der Waals surface area (Å²) in [5.41, 5.74) is 3.11. The third-order valence-corrected chi connectivity index (χ3v) is 4.13. The van der Waals surface area contributed by atoms with Crippen molar-refractivity contribution in [1.29, 1.82) is 0 Å². The van der Waals surface area contributed by atoms with E-state index in [-0.39, 0.29) is 5.54 Å². The molecule has 122 valence electrons. The molecule has 0 aliphatic rings. The van der Waals surface area contributed by atoms with Gasteiger partial charge in [-0.3, -0.25) is 4.68 Å². The highest BCUT2D eigenvalue weighted by molar-refractivity contribution is 6.34. The van der Waals surface area contributed by atoms with Gasteiger partial charge in [0.15, 0.2) is 11.6 Å². The van der Waals surface area contributed by atoms with Crippen molar-refractivity contribution in [3.63, 3.8) is 0 Å². The van der Waals surface area contributed by atoms with Crippen LogP contribution in [-0.2, 0) is 5.54 Å². The third kappa shape index (κ3) is 2.41. The van der Waals surface area contributed by atoms with Crippen LogP contribution in [0.15, 0.2) is 47.1 Å². The van der Waals surface area contributed by atoms with Crippen molar-refractivity contribution in [2.45, 2.75) is 26.3 Å². The number of imidazole rings is 1. The second-order valence-corrected chi connectivity index (χ2v) is 7.10. The van der Waals surface area contributed by atoms with Gasteiger partial charge >= 0.3 is 0 Å². The van der Waals surface area contributed by atoms with Crippen molar-refractivity contribution in [1.82, 2.24) is 19.7 Å². The summed E-state index contributed by atoms with van der Waals surface area (Å²) in [5.74, 6) is 1.46. The van der Waals surface area contributed by atoms with Crippen LogP contribution >= 0.6 is 11.6 Å². The molecule has 0 saturated carbocycles. The molecule has 3 aromatic heterocycles. The van der Waals surface area contributed by atoms with E-state index in [2.05, 4.69) is 30.7 Å². The normalized spacial score (nSPS) is 12.2. The Hall–Kier alpha value is -2.53. The molecule has 6 heteroatoms. The number of aromatic amines is 1. The van der Waals surface area contributed by atoms with Gasteiger partial charge < -0.3 is 9.40 Å². The van der Waals surface area contributed by atoms with Gasteiger partial charge in [-0.25, -0.2) is 4.98 Å². The third-order valence-electron chi connectivity index (χ3n) is 3.82. The Morgan fingerprint density at radius 3 is 2.67 bits per heavy atom. The summed E-state index contributed by atoms with van der Waals surface area (Å²) in [6.07, 6.45) is 1.66. The SMILES string of the molecule is CC(C)(C)n1nc(-c2nc3c(Cl)cccc3[nH]2)cc1-c1ccco1. The van der Waals surface area contributed by atoms with E-state index in [1.165, 1.54) is 0 Å². The Bertz CT molecular complexity index is 1010. The molecule has 0 saturated heterocycles. The van der Waals surface area contributed by atoms with Crippen molar-refractivity contribution in [2.24, 2.45) is 0 Å². The standard InChI is InChI=1S/C18H17ClN4O/c1-18(2,3)23-14(15-8-5-9-24-15)10-13(22-23)17-20-12-7-4-6-11(19)16(12)21-17/h4-10H,1-3H3,(H,20,21). The maximum absolute atomic E-state index is 6.23. The molecule has 0 aliphatic heterocycles. The molecule has 0 spiro atoms. The number of fused-ring (bicyclic) bond motifs is 1. The first-order chi connectivity index (χ1) is 11.4. The lowest BCUT2D eigenvalue weighted by atomic mass is 10.1. The summed E-state index contributed by atoms with van der Waals surface area (Å²) in [5, 5.41) is 5.37. The van der Waals surface area contributed by atoms with E-state index < -0.39 is 0 Å². The molecule has 1 N–H and O–H groups in total. The van der Waals surface area contributed by atoms with Gasteiger partial charge in [0.05, 0.1) is 22.3 Å². The van der Waals surface area contributed by atoms with Crippen LogP contribution in [-0.4, -0.2) is 19.7 Å². The number of hydrogen-bond donors (Lipinski definition) is 1. The summed E-state index contributed by atoms with van der Waals surface area (Å²) in [4.78, 5) is 7.89. The summed E-state index contributed by atoms with van der Waals surface area (Å²) < 4.78 is 7.52. The molecule has 0 atom stereocenters. The van der Waals surface area contributed by atoms with Crippen molar-refractivity contribution in [3.8, 4) is 23.0 Å². The summed E-state index contributed by atoms with van der Waals surface area (Å²) in [7, 11) is 0. The molecular weight excluding hydrogens is 324 g/mol. The minimum Gasteiger partial charge on any atom is -0.463 e. The lowest BCUT2D eigenvalue weighted by molar-refractivity contribution is 0.357. The number of rotatable bonds is 2. The molecule has 24 heavy (non-hydrogen) atoms. The monoisotopic (exact) mass is 340 g/mol. The average Bonchev–Trinajstić information content (AvgIpc) is 3.24. The number of H-pyrrole nitrogens is 1. The van der Waals surface area contributed by atoms with E-state index >= 15 is 0 Å². The minimum atomic E-state index is -0.190. The number of aromatic nitrogens is 4. The first-order valence-electron chi connectivity index (χ1n) is 7.72. The second kappa shape index (κ2) is 5.24. The zero-order valence-electron chi connectivity index (χ0n) is 13.7. The molecule has 3 heterocycles. The van der Waals surface area contributed by atoms with Gasteiger partial charge in [-0.15, -0.1) is 0 Å². The van der Waals surface area contributed by atoms with Gasteiger partial charge in [0.25, 0.3) is 0 Å². The van der Waals surface area contributed by atoms with E-state index in [9.17, 15) is 0 Å². The van der Waals surface area contributed by atoms with Gasteiger partial charge in [-0.1, -0.05) is 17.7 Å². The largest absolute Gasteiger partial charge is 0.463 e. The van der Waals surface area contributed by atoms with Crippen LogP contribution in [0.1, 0.15) is 20.8 Å². The van der Waals surface area contributed by atoms with Crippen molar-refractivity contribution in [2.75, 3.05) is 0 Å². The summed E-state index contributed by atoms with van der Waals surface area (Å²) in [6.45, 7) is 6.31. The van der Waals surface area contributed by atoms with Crippen LogP contribution < -0.4 is 0 Å². The van der Waals surface area contributed by atoms with Crippen LogP contribution in [0.2, 0.25) is 5.02 Å². The molecule has 0 fully saturated rings. The van der Waals surface area contributed by atoms with Crippen molar-refractivity contribution >= 4 is 22.6 Å². The Morgan fingerprint density at radius 1 is 1.17 bits per heavy atom. The number of para-hydroxylation sites is 1. The second-order valence-electron chi connectivity index (χ2n) is 6.70. The highest BCUT2D eigenvalue weighted by Gasteiger charge is 2.23. The van der Waals surface area contributed by atoms with Gasteiger partial charge in [-0.05, 0) is 51.1 Å². The molecule has 1 aromatic carbocycles. The highest BCUT2D eigenvalue weighted by Crippen LogP contribution is 2.31. The summed E-state index contributed by atoms with van der Waals surface area (Å²) >= 11 is 6.23. The average molecular weight is 341 g/mol. The van der Waals surface area contributed by atoms with E-state index in [1.807, 2.05) is 41.1 Å². The fourth-order valence-corrected chi connectivity index (χ4v) is 2.94. The van der Waals surface area contributed by atoms with E-state index in [4.69, 9.17) is 21.1 Å². The number of hydrogen-bond acceptors (Lipinski definition) is 3. The predicted molar refractivity (Wildman–Crippen MR) is 95.0 cm³/mol. The maximum atomic E-state index is 6.23. The fraction of sp³-hybridized carbons (Fsp3) is 0.222. The van der Waals surface area contributed by atoms with E-state index in [0.29, 0.717) is 10.8 Å². The van der Waals surface area contributed by atoms with Gasteiger partial charge in [0.2, 0.25) is 0 Å². The maximum Gasteiger partial charge on any atom is 0.159 e. The summed E-state index contributed by atoms with van der Waals surface area (Å²) in [6, 6.07) is 11.5. The quantitative estimate of drug-likeness (QED) is 0.552. The lowest BCUT2D eigenvalue weighted by Gasteiger charge is -2.21. The highest BCUT2D eigenvalue weighted by atomic mass is 35.5. The van der Waals surface area contributed by atoms with Gasteiger partial charge in [0, 0.05) is 0 Å². The molecule has 0 radical (unpaired) electrons. The molecule has 0 unspecified atom stereocenters. The number of nitrogens with zero attached hydrogens (tertiary/aromatic N) is 3. The first kappa shape index (κ1) is 15.0. The smallest absolute Gasteiger partial charge is 0.159 e. The van der Waals surface area contributed by atoms with E-state index in [1.54, 1.807) is 6.26 Å². The number of nitrogens with one attached hydrogen (secondary N) is 1. The van der Waals surface area contributed by atoms with E-state index in [0.717, 1.165) is 28.2 Å². The number of furan rings is 1. The van der Waals surface area contributed by atoms with Crippen LogP contribution in [0.4, 0.5) is 0 Å². The molecule has 0 amide bonds. The lowest BCUT2D eigenvalue weighted by Crippen LogP contribution is -2.24. The zero-order valence-corrected chi connectivity index (χ0v) is 14.4. The van der Waals surface area contributed by atoms with Crippen LogP contribution in [0, 0.1) is 0 Å². The minimum absolute atomic E-state index is 0.190. The predicted octanol–water partition coefficient (Wildman–Crippen LogP) is 5.09. The number of benzene rings is 1. The Balaban J connectivity index is 1.90. The van der Waals surface area contributed by atoms with Crippen molar-refractivity contribution < 1.29 is 4.42 Å². The molecule has 0 aliphatic carbocycles. The molecule has 0 bridgehead atoms. The molecule has 5 nitrogen and oxygen atoms in total. The van der Waals surface area contributed by atoms with Gasteiger partial charge in [0.1, 0.15) is 16.9 Å². The van der Waals surface area contributed by atoms with Gasteiger partial charge in [-0.2, -0.15) is 5.10 Å². The zero-order chi connectivity index (χ0) is 16.9. The van der Waals surface area contributed by atoms with Crippen LogP contribution in [0.3, 0.4) is 0 Å². The topological polar surface area (TPSA) is 59.6 Å². The molecular formula is C18H17ClN4O. The molecule has 4 aromatic rings. The van der Waals surface area contributed by atoms with Crippen molar-refractivity contribution in [3.05, 3.63) is 47.7 Å². The first-order valence-corrected chi connectivity index (χ1v) is 8.10. The Kier molecular flexibility index (Phi) is 3.28.